The summed E-state index contributed by atoms with van der Waals surface area (Å²) in [6.45, 7) is 1.84. The number of amides is 1. The number of nitro benzene ring substituents is 1. The van der Waals surface area contributed by atoms with E-state index in [0.717, 1.165) is 11.3 Å². The minimum Gasteiger partial charge on any atom is -0.497 e. The van der Waals surface area contributed by atoms with Gasteiger partial charge in [-0.15, -0.1) is 0 Å². The van der Waals surface area contributed by atoms with Crippen molar-refractivity contribution in [1.29, 1.82) is 0 Å². The molecule has 0 aliphatic carbocycles. The molecule has 114 valence electrons. The van der Waals surface area contributed by atoms with Crippen LogP contribution in [0.1, 0.15) is 28.9 Å². The van der Waals surface area contributed by atoms with Crippen molar-refractivity contribution in [2.24, 2.45) is 0 Å². The van der Waals surface area contributed by atoms with Gasteiger partial charge < -0.3 is 10.1 Å². The van der Waals surface area contributed by atoms with Crippen LogP contribution in [0.25, 0.3) is 0 Å². The number of carbonyl (C=O) groups is 1. The largest absolute Gasteiger partial charge is 0.497 e. The Morgan fingerprint density at radius 1 is 1.23 bits per heavy atom. The lowest BCUT2D eigenvalue weighted by Gasteiger charge is -2.14. The molecule has 0 saturated carbocycles. The number of hydrogen-bond acceptors (Lipinski definition) is 4. The van der Waals surface area contributed by atoms with Crippen molar-refractivity contribution in [3.05, 3.63) is 69.8 Å². The van der Waals surface area contributed by atoms with E-state index in [0.29, 0.717) is 0 Å². The average molecular weight is 300 g/mol. The van der Waals surface area contributed by atoms with Gasteiger partial charge in [0, 0.05) is 17.7 Å². The Hall–Kier alpha value is -2.89. The number of methoxy groups -OCH3 is 1. The number of nitrogens with zero attached hydrogens (tertiary/aromatic N) is 1. The topological polar surface area (TPSA) is 81.5 Å². The number of benzene rings is 2. The Morgan fingerprint density at radius 2 is 1.91 bits per heavy atom. The molecule has 0 aliphatic heterocycles. The third kappa shape index (κ3) is 3.60. The molecule has 0 fully saturated rings. The van der Waals surface area contributed by atoms with Crippen molar-refractivity contribution in [3.8, 4) is 5.75 Å². The lowest BCUT2D eigenvalue weighted by Crippen LogP contribution is -2.26. The maximum Gasteiger partial charge on any atom is 0.270 e. The molecule has 0 saturated heterocycles. The molecule has 2 rings (SSSR count). The summed E-state index contributed by atoms with van der Waals surface area (Å²) in [6, 6.07) is 12.8. The first-order chi connectivity index (χ1) is 10.5. The van der Waals surface area contributed by atoms with Crippen molar-refractivity contribution >= 4 is 11.6 Å². The molecular weight excluding hydrogens is 284 g/mol. The molecule has 0 spiro atoms. The van der Waals surface area contributed by atoms with Gasteiger partial charge in [-0.25, -0.2) is 0 Å². The standard InChI is InChI=1S/C16H16N2O4/c1-11(12-6-8-15(22-2)9-7-12)17-16(19)13-4-3-5-14(10-13)18(20)21/h3-11H,1-2H3,(H,17,19)/t11-/m1/s1. The summed E-state index contributed by atoms with van der Waals surface area (Å²) >= 11 is 0. The van der Waals surface area contributed by atoms with E-state index < -0.39 is 4.92 Å². The normalized spacial score (nSPS) is 11.5. The first-order valence-corrected chi connectivity index (χ1v) is 6.70. The van der Waals surface area contributed by atoms with E-state index in [1.165, 1.54) is 18.2 Å². The first-order valence-electron chi connectivity index (χ1n) is 6.70. The number of ether oxygens (including phenoxy) is 1. The quantitative estimate of drug-likeness (QED) is 0.679. The molecule has 2 aromatic carbocycles. The van der Waals surface area contributed by atoms with Crippen molar-refractivity contribution in [3.63, 3.8) is 0 Å². The number of nitro groups is 1. The monoisotopic (exact) mass is 300 g/mol. The third-order valence-electron chi connectivity index (χ3n) is 3.28. The van der Waals surface area contributed by atoms with Crippen LogP contribution >= 0.6 is 0 Å². The zero-order valence-electron chi connectivity index (χ0n) is 12.3. The Labute approximate surface area is 127 Å². The SMILES string of the molecule is COc1ccc([C@@H](C)NC(=O)c2cccc([N+](=O)[O-])c2)cc1. The second kappa shape index (κ2) is 6.71. The summed E-state index contributed by atoms with van der Waals surface area (Å²) in [6.07, 6.45) is 0. The van der Waals surface area contributed by atoms with Gasteiger partial charge in [-0.05, 0) is 30.7 Å². The molecule has 2 aromatic rings. The van der Waals surface area contributed by atoms with Crippen LogP contribution in [-0.4, -0.2) is 17.9 Å². The van der Waals surface area contributed by atoms with Gasteiger partial charge in [0.25, 0.3) is 11.6 Å². The smallest absolute Gasteiger partial charge is 0.270 e. The van der Waals surface area contributed by atoms with Crippen LogP contribution in [0, 0.1) is 10.1 Å². The maximum atomic E-state index is 12.2. The predicted molar refractivity (Wildman–Crippen MR) is 82.0 cm³/mol. The van der Waals surface area contributed by atoms with E-state index in [1.807, 2.05) is 31.2 Å². The second-order valence-corrected chi connectivity index (χ2v) is 4.78. The highest BCUT2D eigenvalue weighted by molar-refractivity contribution is 5.95. The molecule has 22 heavy (non-hydrogen) atoms. The minimum atomic E-state index is -0.524. The van der Waals surface area contributed by atoms with Gasteiger partial charge in [0.05, 0.1) is 18.1 Å². The fourth-order valence-electron chi connectivity index (χ4n) is 2.02. The molecule has 6 nitrogen and oxygen atoms in total. The van der Waals surface area contributed by atoms with Gasteiger partial charge in [0.15, 0.2) is 0 Å². The highest BCUT2D eigenvalue weighted by Crippen LogP contribution is 2.18. The van der Waals surface area contributed by atoms with E-state index in [9.17, 15) is 14.9 Å². The van der Waals surface area contributed by atoms with E-state index in [4.69, 9.17) is 4.74 Å². The van der Waals surface area contributed by atoms with Gasteiger partial charge in [-0.3, -0.25) is 14.9 Å². The van der Waals surface area contributed by atoms with Crippen molar-refractivity contribution < 1.29 is 14.5 Å². The van der Waals surface area contributed by atoms with Crippen molar-refractivity contribution in [1.82, 2.24) is 5.32 Å². The first kappa shape index (κ1) is 15.5. The van der Waals surface area contributed by atoms with Gasteiger partial charge >= 0.3 is 0 Å². The average Bonchev–Trinajstić information content (AvgIpc) is 2.54. The molecule has 1 N–H and O–H groups in total. The molecule has 0 aromatic heterocycles. The van der Waals surface area contributed by atoms with Crippen LogP contribution in [0.4, 0.5) is 5.69 Å². The summed E-state index contributed by atoms with van der Waals surface area (Å²) in [4.78, 5) is 22.4. The van der Waals surface area contributed by atoms with Gasteiger partial charge in [0.2, 0.25) is 0 Å². The van der Waals surface area contributed by atoms with Crippen LogP contribution < -0.4 is 10.1 Å². The van der Waals surface area contributed by atoms with E-state index in [2.05, 4.69) is 5.32 Å². The fraction of sp³-hybridized carbons (Fsp3) is 0.188. The molecule has 0 heterocycles. The van der Waals surface area contributed by atoms with E-state index >= 15 is 0 Å². The van der Waals surface area contributed by atoms with Gasteiger partial charge in [-0.1, -0.05) is 18.2 Å². The molecule has 0 bridgehead atoms. The van der Waals surface area contributed by atoms with Crippen LogP contribution in [0.3, 0.4) is 0 Å². The number of non-ortho nitro benzene ring substituents is 1. The van der Waals surface area contributed by atoms with Gasteiger partial charge in [0.1, 0.15) is 5.75 Å². The highest BCUT2D eigenvalue weighted by Gasteiger charge is 2.14. The molecule has 1 amide bonds. The number of hydrogen-bond donors (Lipinski definition) is 1. The Morgan fingerprint density at radius 3 is 2.50 bits per heavy atom. The third-order valence-corrected chi connectivity index (χ3v) is 3.28. The minimum absolute atomic E-state index is 0.107. The second-order valence-electron chi connectivity index (χ2n) is 4.78. The molecule has 0 aliphatic rings. The summed E-state index contributed by atoms with van der Waals surface area (Å²) in [5.74, 6) is 0.382. The van der Waals surface area contributed by atoms with Crippen LogP contribution in [-0.2, 0) is 0 Å². The zero-order chi connectivity index (χ0) is 16.1. The summed E-state index contributed by atoms with van der Waals surface area (Å²) in [5, 5.41) is 13.6. The number of rotatable bonds is 5. The van der Waals surface area contributed by atoms with Crippen molar-refractivity contribution in [2.75, 3.05) is 7.11 Å². The van der Waals surface area contributed by atoms with Crippen LogP contribution in [0.5, 0.6) is 5.75 Å². The Kier molecular flexibility index (Phi) is 4.73. The lowest BCUT2D eigenvalue weighted by atomic mass is 10.1. The molecule has 0 unspecified atom stereocenters. The Balaban J connectivity index is 2.10. The molecular formula is C16H16N2O4. The van der Waals surface area contributed by atoms with Gasteiger partial charge in [-0.2, -0.15) is 0 Å². The molecule has 0 radical (unpaired) electrons. The zero-order valence-corrected chi connectivity index (χ0v) is 12.3. The Bertz CT molecular complexity index is 683. The fourth-order valence-corrected chi connectivity index (χ4v) is 2.02. The summed E-state index contributed by atoms with van der Waals surface area (Å²) in [7, 11) is 1.59. The van der Waals surface area contributed by atoms with Crippen LogP contribution in [0.2, 0.25) is 0 Å². The molecule has 6 heteroatoms. The molecule has 1 atom stereocenters. The number of carbonyl (C=O) groups excluding carboxylic acids is 1. The maximum absolute atomic E-state index is 12.2. The summed E-state index contributed by atoms with van der Waals surface area (Å²) < 4.78 is 5.08. The van der Waals surface area contributed by atoms with E-state index in [-0.39, 0.29) is 23.2 Å². The predicted octanol–water partition coefficient (Wildman–Crippen LogP) is 3.09. The number of nitrogens with one attached hydrogen (secondary N) is 1. The lowest BCUT2D eigenvalue weighted by molar-refractivity contribution is -0.384. The van der Waals surface area contributed by atoms with E-state index in [1.54, 1.807) is 13.2 Å². The van der Waals surface area contributed by atoms with Crippen molar-refractivity contribution in [2.45, 2.75) is 13.0 Å². The summed E-state index contributed by atoms with van der Waals surface area (Å²) in [5.41, 5.74) is 1.07. The van der Waals surface area contributed by atoms with Crippen LogP contribution in [0.15, 0.2) is 48.5 Å². The highest BCUT2D eigenvalue weighted by atomic mass is 16.6.